The van der Waals surface area contributed by atoms with Gasteiger partial charge in [-0.1, -0.05) is 12.8 Å². The van der Waals surface area contributed by atoms with E-state index in [1.165, 1.54) is 25.7 Å². The van der Waals surface area contributed by atoms with E-state index in [1.807, 2.05) is 6.92 Å². The van der Waals surface area contributed by atoms with E-state index >= 15 is 0 Å². The highest BCUT2D eigenvalue weighted by molar-refractivity contribution is 6.17. The van der Waals surface area contributed by atoms with E-state index in [1.54, 1.807) is 0 Å². The van der Waals surface area contributed by atoms with Crippen molar-refractivity contribution in [1.29, 1.82) is 0 Å². The van der Waals surface area contributed by atoms with Crippen molar-refractivity contribution in [2.45, 2.75) is 58.0 Å². The highest BCUT2D eigenvalue weighted by Gasteiger charge is 2.24. The van der Waals surface area contributed by atoms with Crippen LogP contribution in [-0.2, 0) is 9.53 Å². The quantitative estimate of drug-likeness (QED) is 0.398. The normalized spacial score (nSPS) is 19.1. The zero-order chi connectivity index (χ0) is 11.1. The van der Waals surface area contributed by atoms with Crippen molar-refractivity contribution >= 4 is 17.6 Å². The van der Waals surface area contributed by atoms with Crippen LogP contribution in [0.2, 0.25) is 0 Å². The highest BCUT2D eigenvalue weighted by atomic mass is 35.5. The Morgan fingerprint density at radius 1 is 1.40 bits per heavy atom. The molecule has 1 rings (SSSR count). The summed E-state index contributed by atoms with van der Waals surface area (Å²) < 4.78 is 5.40. The topological polar surface area (TPSA) is 26.3 Å². The first-order valence-corrected chi connectivity index (χ1v) is 6.53. The van der Waals surface area contributed by atoms with Gasteiger partial charge in [-0.05, 0) is 38.5 Å². The molecule has 0 radical (unpaired) electrons. The zero-order valence-electron chi connectivity index (χ0n) is 9.51. The lowest BCUT2D eigenvalue weighted by molar-refractivity contribution is -0.150. The molecule has 0 N–H and O–H groups in total. The maximum Gasteiger partial charge on any atom is 0.306 e. The predicted molar refractivity (Wildman–Crippen MR) is 62.1 cm³/mol. The van der Waals surface area contributed by atoms with E-state index in [0.717, 1.165) is 12.8 Å². The summed E-state index contributed by atoms with van der Waals surface area (Å²) in [6.45, 7) is 2.02. The SMILES string of the molecule is CC(OC(=O)CCCCCl)C1CCCC1. The molecule has 0 spiro atoms. The molecule has 88 valence electrons. The van der Waals surface area contributed by atoms with E-state index in [4.69, 9.17) is 16.3 Å². The van der Waals surface area contributed by atoms with Crippen LogP contribution in [0.1, 0.15) is 51.9 Å². The van der Waals surface area contributed by atoms with Gasteiger partial charge in [0.25, 0.3) is 0 Å². The Morgan fingerprint density at radius 2 is 2.07 bits per heavy atom. The first kappa shape index (κ1) is 12.8. The summed E-state index contributed by atoms with van der Waals surface area (Å²) in [4.78, 5) is 11.4. The van der Waals surface area contributed by atoms with E-state index in [-0.39, 0.29) is 12.1 Å². The number of carbonyl (C=O) groups excluding carboxylic acids is 1. The summed E-state index contributed by atoms with van der Waals surface area (Å²) in [6, 6.07) is 0. The molecule has 1 fully saturated rings. The van der Waals surface area contributed by atoms with Crippen molar-refractivity contribution in [3.8, 4) is 0 Å². The highest BCUT2D eigenvalue weighted by Crippen LogP contribution is 2.29. The van der Waals surface area contributed by atoms with Crippen molar-refractivity contribution in [2.75, 3.05) is 5.88 Å². The second-order valence-corrected chi connectivity index (χ2v) is 4.76. The standard InChI is InChI=1S/C12H21ClO2/c1-10(11-6-2-3-7-11)15-12(14)8-4-5-9-13/h10-11H,2-9H2,1H3. The molecule has 2 nitrogen and oxygen atoms in total. The van der Waals surface area contributed by atoms with Crippen LogP contribution >= 0.6 is 11.6 Å². The molecular formula is C12H21ClO2. The summed E-state index contributed by atoms with van der Waals surface area (Å²) in [5, 5.41) is 0. The predicted octanol–water partition coefficient (Wildman–Crippen LogP) is 3.52. The smallest absolute Gasteiger partial charge is 0.306 e. The largest absolute Gasteiger partial charge is 0.462 e. The number of carbonyl (C=O) groups is 1. The zero-order valence-corrected chi connectivity index (χ0v) is 10.3. The minimum atomic E-state index is -0.0560. The average molecular weight is 233 g/mol. The number of ether oxygens (including phenoxy) is 1. The molecule has 3 heteroatoms. The average Bonchev–Trinajstić information content (AvgIpc) is 2.70. The molecule has 0 heterocycles. The van der Waals surface area contributed by atoms with Crippen molar-refractivity contribution in [3.05, 3.63) is 0 Å². The van der Waals surface area contributed by atoms with Crippen LogP contribution in [0, 0.1) is 5.92 Å². The molecule has 1 saturated carbocycles. The van der Waals surface area contributed by atoms with Gasteiger partial charge in [0.15, 0.2) is 0 Å². The van der Waals surface area contributed by atoms with E-state index < -0.39 is 0 Å². The van der Waals surface area contributed by atoms with E-state index in [0.29, 0.717) is 18.2 Å². The van der Waals surface area contributed by atoms with Crippen LogP contribution in [0.25, 0.3) is 0 Å². The number of alkyl halides is 1. The molecular weight excluding hydrogens is 212 g/mol. The van der Waals surface area contributed by atoms with E-state index in [2.05, 4.69) is 0 Å². The second kappa shape index (κ2) is 7.10. The first-order valence-electron chi connectivity index (χ1n) is 5.99. The van der Waals surface area contributed by atoms with Crippen LogP contribution in [0.4, 0.5) is 0 Å². The molecule has 1 aliphatic rings. The number of unbranched alkanes of at least 4 members (excludes halogenated alkanes) is 1. The molecule has 1 unspecified atom stereocenters. The fourth-order valence-electron chi connectivity index (χ4n) is 2.15. The van der Waals surface area contributed by atoms with Gasteiger partial charge >= 0.3 is 5.97 Å². The number of esters is 1. The van der Waals surface area contributed by atoms with Gasteiger partial charge < -0.3 is 4.74 Å². The second-order valence-electron chi connectivity index (χ2n) is 4.39. The van der Waals surface area contributed by atoms with Gasteiger partial charge in [0.05, 0.1) is 0 Å². The summed E-state index contributed by atoms with van der Waals surface area (Å²) in [7, 11) is 0. The molecule has 0 amide bonds. The Labute approximate surface area is 97.3 Å². The monoisotopic (exact) mass is 232 g/mol. The van der Waals surface area contributed by atoms with Crippen LogP contribution in [0.3, 0.4) is 0 Å². The maximum atomic E-state index is 11.4. The fraction of sp³-hybridized carbons (Fsp3) is 0.917. The third-order valence-electron chi connectivity index (χ3n) is 3.15. The molecule has 0 aromatic heterocycles. The van der Waals surface area contributed by atoms with Crippen LogP contribution in [0.5, 0.6) is 0 Å². The van der Waals surface area contributed by atoms with Gasteiger partial charge in [0.1, 0.15) is 6.10 Å². The van der Waals surface area contributed by atoms with Crippen LogP contribution in [-0.4, -0.2) is 18.0 Å². The first-order chi connectivity index (χ1) is 7.24. The van der Waals surface area contributed by atoms with Gasteiger partial charge in [0, 0.05) is 12.3 Å². The van der Waals surface area contributed by atoms with Crippen LogP contribution < -0.4 is 0 Å². The molecule has 0 aromatic rings. The van der Waals surface area contributed by atoms with Crippen LogP contribution in [0.15, 0.2) is 0 Å². The molecule has 0 aliphatic heterocycles. The minimum Gasteiger partial charge on any atom is -0.462 e. The lowest BCUT2D eigenvalue weighted by Gasteiger charge is -2.19. The van der Waals surface area contributed by atoms with Gasteiger partial charge in [-0.2, -0.15) is 0 Å². The number of hydrogen-bond donors (Lipinski definition) is 0. The molecule has 0 saturated heterocycles. The molecule has 0 bridgehead atoms. The van der Waals surface area contributed by atoms with Gasteiger partial charge in [-0.3, -0.25) is 4.79 Å². The third-order valence-corrected chi connectivity index (χ3v) is 3.41. The number of hydrogen-bond acceptors (Lipinski definition) is 2. The van der Waals surface area contributed by atoms with Gasteiger partial charge in [0.2, 0.25) is 0 Å². The summed E-state index contributed by atoms with van der Waals surface area (Å²) in [5.74, 6) is 1.17. The lowest BCUT2D eigenvalue weighted by Crippen LogP contribution is -2.22. The Morgan fingerprint density at radius 3 is 2.67 bits per heavy atom. The number of halogens is 1. The summed E-state index contributed by atoms with van der Waals surface area (Å²) in [5.41, 5.74) is 0. The third kappa shape index (κ3) is 4.87. The lowest BCUT2D eigenvalue weighted by atomic mass is 10.0. The maximum absolute atomic E-state index is 11.4. The van der Waals surface area contributed by atoms with Crippen molar-refractivity contribution in [2.24, 2.45) is 5.92 Å². The van der Waals surface area contributed by atoms with Crippen molar-refractivity contribution in [1.82, 2.24) is 0 Å². The van der Waals surface area contributed by atoms with E-state index in [9.17, 15) is 4.79 Å². The van der Waals surface area contributed by atoms with Gasteiger partial charge in [-0.15, -0.1) is 11.6 Å². The molecule has 1 aliphatic carbocycles. The molecule has 0 aromatic carbocycles. The Kier molecular flexibility index (Phi) is 6.07. The minimum absolute atomic E-state index is 0.0560. The summed E-state index contributed by atoms with van der Waals surface area (Å²) >= 11 is 5.54. The summed E-state index contributed by atoms with van der Waals surface area (Å²) in [6.07, 6.45) is 7.39. The van der Waals surface area contributed by atoms with Gasteiger partial charge in [-0.25, -0.2) is 0 Å². The molecule has 1 atom stereocenters. The Hall–Kier alpha value is -0.240. The Balaban J connectivity index is 2.13. The Bertz CT molecular complexity index is 188. The van der Waals surface area contributed by atoms with Crippen molar-refractivity contribution < 1.29 is 9.53 Å². The number of rotatable bonds is 6. The molecule has 15 heavy (non-hydrogen) atoms. The van der Waals surface area contributed by atoms with Crippen molar-refractivity contribution in [3.63, 3.8) is 0 Å². The fourth-order valence-corrected chi connectivity index (χ4v) is 2.34.